The Morgan fingerprint density at radius 3 is 1.19 bits per heavy atom. The van der Waals surface area contributed by atoms with Crippen LogP contribution in [-0.2, 0) is 4.57 Å². The van der Waals surface area contributed by atoms with Crippen LogP contribution in [0.1, 0.15) is 0 Å². The minimum absolute atomic E-state index is 0.710. The molecule has 6 aromatic carbocycles. The lowest BCUT2D eigenvalue weighted by Gasteiger charge is -2.20. The van der Waals surface area contributed by atoms with E-state index < -0.39 is 7.29 Å². The Kier molecular flexibility index (Phi) is 4.01. The molecule has 0 spiro atoms. The molecule has 0 heterocycles. The minimum atomic E-state index is -3.40. The Morgan fingerprint density at radius 2 is 0.774 bits per heavy atom. The number of fused-ring (bicyclic) bond motifs is 6. The van der Waals surface area contributed by atoms with Crippen molar-refractivity contribution in [3.8, 4) is 0 Å². The average molecular weight is 417 g/mol. The molecule has 0 aliphatic heterocycles. The number of nitrogens with two attached hydrogens (primary N) is 1. The second-order valence-electron chi connectivity index (χ2n) is 7.98. The highest BCUT2D eigenvalue weighted by atomic mass is 31.2. The van der Waals surface area contributed by atoms with Gasteiger partial charge in [0.05, 0.1) is 0 Å². The van der Waals surface area contributed by atoms with Gasteiger partial charge in [-0.25, -0.2) is 0 Å². The zero-order valence-electron chi connectivity index (χ0n) is 16.8. The van der Waals surface area contributed by atoms with Crippen LogP contribution in [0.15, 0.2) is 109 Å². The van der Waals surface area contributed by atoms with Gasteiger partial charge in [0.1, 0.15) is 0 Å². The third-order valence-electron chi connectivity index (χ3n) is 6.21. The highest BCUT2D eigenvalue weighted by Gasteiger charge is 2.28. The molecule has 0 fully saturated rings. The molecule has 0 saturated heterocycles. The van der Waals surface area contributed by atoms with Crippen LogP contribution in [0, 0.1) is 0 Å². The van der Waals surface area contributed by atoms with E-state index in [0.29, 0.717) is 10.6 Å². The summed E-state index contributed by atoms with van der Waals surface area (Å²) in [6, 6.07) is 36.7. The summed E-state index contributed by atoms with van der Waals surface area (Å²) in [5, 5.41) is 9.85. The lowest BCUT2D eigenvalue weighted by Crippen LogP contribution is -2.24. The Labute approximate surface area is 180 Å². The van der Waals surface area contributed by atoms with Crippen molar-refractivity contribution in [2.45, 2.75) is 0 Å². The van der Waals surface area contributed by atoms with Crippen molar-refractivity contribution < 1.29 is 4.57 Å². The molecular weight excluding hydrogens is 397 g/mol. The first kappa shape index (κ1) is 18.3. The van der Waals surface area contributed by atoms with Crippen molar-refractivity contribution in [1.82, 2.24) is 0 Å². The lowest BCUT2D eigenvalue weighted by molar-refractivity contribution is 0.588. The van der Waals surface area contributed by atoms with Crippen LogP contribution in [0.3, 0.4) is 0 Å². The molecule has 0 aromatic heterocycles. The van der Waals surface area contributed by atoms with Crippen LogP contribution in [0.5, 0.6) is 0 Å². The summed E-state index contributed by atoms with van der Waals surface area (Å²) in [6.07, 6.45) is 0. The van der Waals surface area contributed by atoms with E-state index in [0.717, 1.165) is 43.1 Å². The molecule has 2 N–H and O–H groups in total. The average Bonchev–Trinajstić information content (AvgIpc) is 2.83. The van der Waals surface area contributed by atoms with Crippen LogP contribution in [-0.4, -0.2) is 0 Å². The van der Waals surface area contributed by atoms with Crippen LogP contribution in [0.4, 0.5) is 0 Å². The Bertz CT molecular complexity index is 1560. The first-order valence-electron chi connectivity index (χ1n) is 10.4. The Hall–Kier alpha value is -3.45. The molecule has 0 aliphatic rings. The summed E-state index contributed by atoms with van der Waals surface area (Å²) in [6.45, 7) is 0. The molecule has 0 bridgehead atoms. The number of benzene rings is 6. The third kappa shape index (κ3) is 2.73. The van der Waals surface area contributed by atoms with Gasteiger partial charge in [-0.2, -0.15) is 0 Å². The summed E-state index contributed by atoms with van der Waals surface area (Å²) in [5.74, 6) is 0. The second-order valence-corrected chi connectivity index (χ2v) is 10.3. The van der Waals surface area contributed by atoms with Crippen molar-refractivity contribution in [3.63, 3.8) is 0 Å². The maximum absolute atomic E-state index is 14.5. The maximum Gasteiger partial charge on any atom is 0.203 e. The first-order valence-corrected chi connectivity index (χ1v) is 12.1. The van der Waals surface area contributed by atoms with Crippen molar-refractivity contribution in [3.05, 3.63) is 109 Å². The van der Waals surface area contributed by atoms with Crippen molar-refractivity contribution in [1.29, 1.82) is 0 Å². The van der Waals surface area contributed by atoms with E-state index in [4.69, 9.17) is 5.50 Å². The van der Waals surface area contributed by atoms with E-state index in [2.05, 4.69) is 36.4 Å². The summed E-state index contributed by atoms with van der Waals surface area (Å²) >= 11 is 0. The standard InChI is InChI=1S/C28H20NOP/c29-31(30,27-17-19-9-1-3-11-21(19)23-13-5-7-15-25(23)27)28-18-20-10-2-4-12-22(20)24-14-6-8-16-26(24)28/h1-18H,(H2,29,30). The summed E-state index contributed by atoms with van der Waals surface area (Å²) in [4.78, 5) is 0. The molecule has 0 saturated carbocycles. The lowest BCUT2D eigenvalue weighted by atomic mass is 10.0. The monoisotopic (exact) mass is 417 g/mol. The Morgan fingerprint density at radius 1 is 0.452 bits per heavy atom. The Balaban J connectivity index is 1.76. The molecule has 3 heteroatoms. The molecular formula is C28H20NOP. The number of hydrogen-bond donors (Lipinski definition) is 1. The van der Waals surface area contributed by atoms with Crippen molar-refractivity contribution in [2.75, 3.05) is 0 Å². The van der Waals surface area contributed by atoms with Gasteiger partial charge in [0.2, 0.25) is 7.29 Å². The van der Waals surface area contributed by atoms with Crippen LogP contribution in [0.2, 0.25) is 0 Å². The zero-order valence-corrected chi connectivity index (χ0v) is 17.7. The number of rotatable bonds is 2. The fraction of sp³-hybridized carbons (Fsp3) is 0. The molecule has 6 rings (SSSR count). The second kappa shape index (κ2) is 6.78. The van der Waals surface area contributed by atoms with Crippen molar-refractivity contribution in [2.24, 2.45) is 5.50 Å². The van der Waals surface area contributed by atoms with Crippen LogP contribution in [0.25, 0.3) is 43.1 Å². The van der Waals surface area contributed by atoms with Gasteiger partial charge in [0.25, 0.3) is 0 Å². The molecule has 0 atom stereocenters. The van der Waals surface area contributed by atoms with Gasteiger partial charge < -0.3 is 0 Å². The third-order valence-corrected chi connectivity index (χ3v) is 8.38. The molecule has 0 unspecified atom stereocenters. The largest absolute Gasteiger partial charge is 0.297 e. The van der Waals surface area contributed by atoms with Gasteiger partial charge in [-0.1, -0.05) is 97.1 Å². The molecule has 0 aliphatic carbocycles. The van der Waals surface area contributed by atoms with Gasteiger partial charge in [-0.3, -0.25) is 10.1 Å². The summed E-state index contributed by atoms with van der Waals surface area (Å²) in [7, 11) is -3.40. The van der Waals surface area contributed by atoms with Crippen LogP contribution >= 0.6 is 7.29 Å². The van der Waals surface area contributed by atoms with E-state index >= 15 is 0 Å². The van der Waals surface area contributed by atoms with Crippen LogP contribution < -0.4 is 16.1 Å². The predicted molar refractivity (Wildman–Crippen MR) is 134 cm³/mol. The van der Waals surface area contributed by atoms with Gasteiger partial charge in [0.15, 0.2) is 0 Å². The quantitative estimate of drug-likeness (QED) is 0.259. The molecule has 6 aromatic rings. The molecule has 148 valence electrons. The summed E-state index contributed by atoms with van der Waals surface area (Å²) in [5.41, 5.74) is 6.83. The molecule has 2 nitrogen and oxygen atoms in total. The van der Waals surface area contributed by atoms with E-state index in [1.54, 1.807) is 0 Å². The fourth-order valence-electron chi connectivity index (χ4n) is 4.75. The maximum atomic E-state index is 14.5. The smallest absolute Gasteiger partial charge is 0.203 e. The first-order chi connectivity index (χ1) is 15.1. The van der Waals surface area contributed by atoms with E-state index in [-0.39, 0.29) is 0 Å². The van der Waals surface area contributed by atoms with Gasteiger partial charge in [-0.05, 0) is 55.2 Å². The van der Waals surface area contributed by atoms with Gasteiger partial charge in [0, 0.05) is 10.6 Å². The van der Waals surface area contributed by atoms with Gasteiger partial charge >= 0.3 is 0 Å². The van der Waals surface area contributed by atoms with Crippen molar-refractivity contribution >= 4 is 61.0 Å². The normalized spacial score (nSPS) is 12.2. The van der Waals surface area contributed by atoms with E-state index in [1.807, 2.05) is 72.8 Å². The number of hydrogen-bond acceptors (Lipinski definition) is 1. The SMILES string of the molecule is NP(=O)(c1cc2ccccc2c2ccccc12)c1cc2ccccc2c2ccccc12. The minimum Gasteiger partial charge on any atom is -0.297 e. The molecule has 31 heavy (non-hydrogen) atoms. The zero-order chi connectivity index (χ0) is 21.0. The molecule has 0 amide bonds. The predicted octanol–water partition coefficient (Wildman–Crippen LogP) is 6.49. The topological polar surface area (TPSA) is 43.1 Å². The highest BCUT2D eigenvalue weighted by Crippen LogP contribution is 2.42. The summed E-state index contributed by atoms with van der Waals surface area (Å²) < 4.78 is 14.5. The van der Waals surface area contributed by atoms with E-state index in [9.17, 15) is 4.57 Å². The van der Waals surface area contributed by atoms with Gasteiger partial charge in [-0.15, -0.1) is 0 Å². The highest BCUT2D eigenvalue weighted by molar-refractivity contribution is 7.77. The molecule has 0 radical (unpaired) electrons. The fourth-order valence-corrected chi connectivity index (χ4v) is 6.78. The van der Waals surface area contributed by atoms with E-state index in [1.165, 1.54) is 0 Å².